The second kappa shape index (κ2) is 4.97. The number of rotatable bonds is 3. The maximum Gasteiger partial charge on any atom is 0.0907 e. The van der Waals surface area contributed by atoms with E-state index in [9.17, 15) is 0 Å². The van der Waals surface area contributed by atoms with Crippen molar-refractivity contribution in [3.05, 3.63) is 52.8 Å². The number of benzene rings is 1. The van der Waals surface area contributed by atoms with Gasteiger partial charge in [0.1, 0.15) is 0 Å². The van der Waals surface area contributed by atoms with Crippen molar-refractivity contribution in [1.29, 1.82) is 0 Å². The third-order valence-corrected chi connectivity index (χ3v) is 3.88. The van der Waals surface area contributed by atoms with Crippen LogP contribution in [0.25, 0.3) is 10.2 Å². The molecule has 0 aliphatic carbocycles. The van der Waals surface area contributed by atoms with E-state index in [0.717, 1.165) is 28.5 Å². The molecule has 0 spiro atoms. The van der Waals surface area contributed by atoms with E-state index in [1.807, 2.05) is 20.0 Å². The number of pyridine rings is 1. The zero-order chi connectivity index (χ0) is 13.2. The lowest BCUT2D eigenvalue weighted by Crippen LogP contribution is -2.01. The van der Waals surface area contributed by atoms with Crippen molar-refractivity contribution < 1.29 is 0 Å². The Bertz CT molecular complexity index is 701. The molecule has 0 saturated carbocycles. The number of hydrogen-bond acceptors (Lipinski definition) is 4. The van der Waals surface area contributed by atoms with E-state index in [1.54, 1.807) is 11.3 Å². The standard InChI is InChI=1S/C15H15N3S/c1-10-3-4-13(16-8-10)9-17-12-5-6-14-15(7-12)19-11(2)18-14/h3-8,17H,9H2,1-2H3. The van der Waals surface area contributed by atoms with Gasteiger partial charge in [0.05, 0.1) is 27.5 Å². The van der Waals surface area contributed by atoms with E-state index in [4.69, 9.17) is 0 Å². The van der Waals surface area contributed by atoms with Crippen molar-refractivity contribution in [3.63, 3.8) is 0 Å². The van der Waals surface area contributed by atoms with Crippen molar-refractivity contribution in [2.45, 2.75) is 20.4 Å². The minimum Gasteiger partial charge on any atom is -0.379 e. The molecular formula is C15H15N3S. The average molecular weight is 269 g/mol. The maximum atomic E-state index is 4.46. The fourth-order valence-electron chi connectivity index (χ4n) is 1.95. The zero-order valence-corrected chi connectivity index (χ0v) is 11.8. The predicted octanol–water partition coefficient (Wildman–Crippen LogP) is 3.92. The summed E-state index contributed by atoms with van der Waals surface area (Å²) in [4.78, 5) is 8.85. The van der Waals surface area contributed by atoms with Crippen LogP contribution in [-0.2, 0) is 6.54 Å². The molecule has 19 heavy (non-hydrogen) atoms. The Morgan fingerprint density at radius 1 is 1.16 bits per heavy atom. The lowest BCUT2D eigenvalue weighted by atomic mass is 10.2. The smallest absolute Gasteiger partial charge is 0.0907 e. The van der Waals surface area contributed by atoms with E-state index in [2.05, 4.69) is 45.6 Å². The summed E-state index contributed by atoms with van der Waals surface area (Å²) < 4.78 is 1.22. The van der Waals surface area contributed by atoms with Gasteiger partial charge in [-0.2, -0.15) is 0 Å². The molecular weight excluding hydrogens is 254 g/mol. The first kappa shape index (κ1) is 12.1. The topological polar surface area (TPSA) is 37.8 Å². The van der Waals surface area contributed by atoms with Gasteiger partial charge in [-0.25, -0.2) is 4.98 Å². The van der Waals surface area contributed by atoms with Crippen LogP contribution in [0, 0.1) is 13.8 Å². The molecule has 4 heteroatoms. The molecule has 0 aliphatic rings. The van der Waals surface area contributed by atoms with Crippen molar-refractivity contribution in [2.24, 2.45) is 0 Å². The summed E-state index contributed by atoms with van der Waals surface area (Å²) >= 11 is 1.72. The van der Waals surface area contributed by atoms with Crippen LogP contribution in [0.1, 0.15) is 16.3 Å². The van der Waals surface area contributed by atoms with Crippen LogP contribution in [0.2, 0.25) is 0 Å². The fraction of sp³-hybridized carbons (Fsp3) is 0.200. The van der Waals surface area contributed by atoms with Crippen molar-refractivity contribution in [1.82, 2.24) is 9.97 Å². The Kier molecular flexibility index (Phi) is 3.17. The molecule has 3 rings (SSSR count). The van der Waals surface area contributed by atoms with Crippen LogP contribution in [0.4, 0.5) is 5.69 Å². The number of anilines is 1. The van der Waals surface area contributed by atoms with Gasteiger partial charge in [0.15, 0.2) is 0 Å². The number of aromatic nitrogens is 2. The largest absolute Gasteiger partial charge is 0.379 e. The molecule has 0 atom stereocenters. The van der Waals surface area contributed by atoms with Gasteiger partial charge in [-0.1, -0.05) is 6.07 Å². The summed E-state index contributed by atoms with van der Waals surface area (Å²) in [5, 5.41) is 4.50. The Morgan fingerprint density at radius 3 is 2.84 bits per heavy atom. The Balaban J connectivity index is 1.75. The minimum absolute atomic E-state index is 0.740. The minimum atomic E-state index is 0.740. The highest BCUT2D eigenvalue weighted by atomic mass is 32.1. The van der Waals surface area contributed by atoms with E-state index in [0.29, 0.717) is 0 Å². The summed E-state index contributed by atoms with van der Waals surface area (Å²) in [6, 6.07) is 10.4. The molecule has 3 nitrogen and oxygen atoms in total. The van der Waals surface area contributed by atoms with Crippen LogP contribution in [-0.4, -0.2) is 9.97 Å². The SMILES string of the molecule is Cc1ccc(CNc2ccc3nc(C)sc3c2)nc1. The van der Waals surface area contributed by atoms with Crippen LogP contribution < -0.4 is 5.32 Å². The van der Waals surface area contributed by atoms with Gasteiger partial charge in [-0.15, -0.1) is 11.3 Å². The second-order valence-corrected chi connectivity index (χ2v) is 5.83. The molecule has 0 fully saturated rings. The number of hydrogen-bond donors (Lipinski definition) is 1. The number of nitrogens with one attached hydrogen (secondary N) is 1. The summed E-state index contributed by atoms with van der Waals surface area (Å²) in [7, 11) is 0. The molecule has 0 unspecified atom stereocenters. The molecule has 0 aliphatic heterocycles. The Hall–Kier alpha value is -1.94. The van der Waals surface area contributed by atoms with Gasteiger partial charge in [-0.05, 0) is 43.7 Å². The van der Waals surface area contributed by atoms with Crippen LogP contribution in [0.5, 0.6) is 0 Å². The van der Waals surface area contributed by atoms with E-state index < -0.39 is 0 Å². The molecule has 1 N–H and O–H groups in total. The first-order valence-corrected chi connectivity index (χ1v) is 7.05. The van der Waals surface area contributed by atoms with E-state index in [-0.39, 0.29) is 0 Å². The Labute approximate surface area is 116 Å². The summed E-state index contributed by atoms with van der Waals surface area (Å²) in [6.45, 7) is 4.82. The molecule has 2 aromatic heterocycles. The van der Waals surface area contributed by atoms with E-state index in [1.165, 1.54) is 10.3 Å². The van der Waals surface area contributed by atoms with Crippen molar-refractivity contribution in [3.8, 4) is 0 Å². The fourth-order valence-corrected chi connectivity index (χ4v) is 2.81. The highest BCUT2D eigenvalue weighted by Crippen LogP contribution is 2.24. The number of fused-ring (bicyclic) bond motifs is 1. The zero-order valence-electron chi connectivity index (χ0n) is 11.0. The second-order valence-electron chi connectivity index (χ2n) is 4.60. The molecule has 0 radical (unpaired) electrons. The molecule has 0 bridgehead atoms. The summed E-state index contributed by atoms with van der Waals surface area (Å²) in [6.07, 6.45) is 1.90. The monoisotopic (exact) mass is 269 g/mol. The predicted molar refractivity (Wildman–Crippen MR) is 80.7 cm³/mol. The van der Waals surface area contributed by atoms with Gasteiger partial charge in [0.25, 0.3) is 0 Å². The van der Waals surface area contributed by atoms with Crippen LogP contribution in [0.15, 0.2) is 36.5 Å². The number of aryl methyl sites for hydroxylation is 2. The average Bonchev–Trinajstić information content (AvgIpc) is 2.77. The first-order valence-electron chi connectivity index (χ1n) is 6.23. The lowest BCUT2D eigenvalue weighted by Gasteiger charge is -2.06. The molecule has 0 amide bonds. The molecule has 96 valence electrons. The van der Waals surface area contributed by atoms with Crippen LogP contribution >= 0.6 is 11.3 Å². The Morgan fingerprint density at radius 2 is 2.05 bits per heavy atom. The number of thiazole rings is 1. The maximum absolute atomic E-state index is 4.46. The highest BCUT2D eigenvalue weighted by Gasteiger charge is 2.02. The van der Waals surface area contributed by atoms with E-state index >= 15 is 0 Å². The van der Waals surface area contributed by atoms with Gasteiger partial charge in [-0.3, -0.25) is 4.98 Å². The van der Waals surface area contributed by atoms with Gasteiger partial charge in [0, 0.05) is 11.9 Å². The lowest BCUT2D eigenvalue weighted by molar-refractivity contribution is 1.04. The quantitative estimate of drug-likeness (QED) is 0.783. The van der Waals surface area contributed by atoms with Crippen molar-refractivity contribution in [2.75, 3.05) is 5.32 Å². The molecule has 1 aromatic carbocycles. The molecule has 2 heterocycles. The summed E-state index contributed by atoms with van der Waals surface area (Å²) in [5.41, 5.74) is 4.41. The third kappa shape index (κ3) is 2.74. The molecule has 3 aromatic rings. The van der Waals surface area contributed by atoms with Gasteiger partial charge in [0.2, 0.25) is 0 Å². The normalized spacial score (nSPS) is 10.8. The summed E-state index contributed by atoms with van der Waals surface area (Å²) in [5.74, 6) is 0. The third-order valence-electron chi connectivity index (χ3n) is 2.94. The van der Waals surface area contributed by atoms with Gasteiger partial charge < -0.3 is 5.32 Å². The molecule has 0 saturated heterocycles. The highest BCUT2D eigenvalue weighted by molar-refractivity contribution is 7.18. The van der Waals surface area contributed by atoms with Crippen molar-refractivity contribution >= 4 is 27.2 Å². The number of nitrogens with zero attached hydrogens (tertiary/aromatic N) is 2. The first-order chi connectivity index (χ1) is 9.20. The van der Waals surface area contributed by atoms with Gasteiger partial charge >= 0.3 is 0 Å². The van der Waals surface area contributed by atoms with Crippen LogP contribution in [0.3, 0.4) is 0 Å².